The number of carbonyl (C=O) groups is 3. The van der Waals surface area contributed by atoms with Crippen LogP contribution in [0.1, 0.15) is 35.2 Å². The minimum Gasteiger partial charge on any atom is -0.480 e. The molecule has 146 valence electrons. The van der Waals surface area contributed by atoms with Gasteiger partial charge in [-0.3, -0.25) is 14.4 Å². The van der Waals surface area contributed by atoms with Gasteiger partial charge >= 0.3 is 5.97 Å². The van der Waals surface area contributed by atoms with Crippen LogP contribution in [0.3, 0.4) is 0 Å². The van der Waals surface area contributed by atoms with Gasteiger partial charge in [0.1, 0.15) is 6.04 Å². The molecule has 0 heterocycles. The van der Waals surface area contributed by atoms with Gasteiger partial charge in [-0.05, 0) is 61.2 Å². The number of hydrogen-bond acceptors (Lipinski definition) is 3. The number of hydrogen-bond donors (Lipinski definition) is 3. The Morgan fingerprint density at radius 1 is 1.07 bits per heavy atom. The lowest BCUT2D eigenvalue weighted by molar-refractivity contribution is -0.138. The molecule has 0 radical (unpaired) electrons. The maximum atomic E-state index is 13.3. The van der Waals surface area contributed by atoms with E-state index >= 15 is 0 Å². The third-order valence-corrected chi connectivity index (χ3v) is 4.63. The van der Waals surface area contributed by atoms with Crippen LogP contribution < -0.4 is 10.6 Å². The second-order valence-electron chi connectivity index (χ2n) is 6.72. The van der Waals surface area contributed by atoms with E-state index in [-0.39, 0.29) is 23.3 Å². The van der Waals surface area contributed by atoms with E-state index in [1.807, 2.05) is 0 Å². The van der Waals surface area contributed by atoms with E-state index in [1.165, 1.54) is 37.3 Å². The third kappa shape index (κ3) is 4.33. The summed E-state index contributed by atoms with van der Waals surface area (Å²) in [5.41, 5.74) is 1.32. The molecule has 3 N–H and O–H groups in total. The van der Waals surface area contributed by atoms with Crippen molar-refractivity contribution in [2.75, 3.05) is 5.32 Å². The van der Waals surface area contributed by atoms with Crippen LogP contribution in [0, 0.1) is 17.6 Å². The number of halogens is 2. The summed E-state index contributed by atoms with van der Waals surface area (Å²) < 4.78 is 26.3. The van der Waals surface area contributed by atoms with Gasteiger partial charge in [0.05, 0.1) is 0 Å². The Balaban J connectivity index is 1.57. The number of nitrogens with one attached hydrogen (secondary N) is 2. The Morgan fingerprint density at radius 2 is 1.75 bits per heavy atom. The van der Waals surface area contributed by atoms with Crippen molar-refractivity contribution in [3.63, 3.8) is 0 Å². The minimum atomic E-state index is -1.14. The largest absolute Gasteiger partial charge is 0.480 e. The highest BCUT2D eigenvalue weighted by Gasteiger charge is 2.44. The quantitative estimate of drug-likeness (QED) is 0.709. The van der Waals surface area contributed by atoms with Gasteiger partial charge in [-0.25, -0.2) is 8.78 Å². The number of benzene rings is 2. The van der Waals surface area contributed by atoms with Gasteiger partial charge in [0.25, 0.3) is 5.91 Å². The topological polar surface area (TPSA) is 95.5 Å². The standard InChI is InChI=1S/C20H18F2N2O4/c1-10(20(27)28)23-18(25)11-2-5-13(6-3-11)24-19(26)15-9-14(15)12-4-7-16(21)17(22)8-12/h2-8,10,14-15H,9H2,1H3,(H,23,25)(H,24,26)(H,27,28). The number of aliphatic carboxylic acids is 1. The van der Waals surface area contributed by atoms with Gasteiger partial charge in [-0.2, -0.15) is 0 Å². The molecular weight excluding hydrogens is 370 g/mol. The number of carbonyl (C=O) groups excluding carboxylic acids is 2. The molecule has 2 amide bonds. The molecule has 1 aliphatic carbocycles. The maximum Gasteiger partial charge on any atom is 0.325 e. The highest BCUT2D eigenvalue weighted by molar-refractivity contribution is 5.98. The van der Waals surface area contributed by atoms with Crippen molar-refractivity contribution in [1.82, 2.24) is 5.32 Å². The van der Waals surface area contributed by atoms with Crippen molar-refractivity contribution in [2.45, 2.75) is 25.3 Å². The van der Waals surface area contributed by atoms with E-state index in [0.29, 0.717) is 17.7 Å². The molecule has 2 aromatic carbocycles. The fraction of sp³-hybridized carbons (Fsp3) is 0.250. The zero-order chi connectivity index (χ0) is 20.4. The Kier molecular flexibility index (Phi) is 5.39. The zero-order valence-electron chi connectivity index (χ0n) is 14.9. The molecule has 2 aromatic rings. The third-order valence-electron chi connectivity index (χ3n) is 4.63. The second kappa shape index (κ2) is 7.75. The first-order valence-electron chi connectivity index (χ1n) is 8.66. The predicted octanol–water partition coefficient (Wildman–Crippen LogP) is 2.91. The average molecular weight is 388 g/mol. The highest BCUT2D eigenvalue weighted by atomic mass is 19.2. The van der Waals surface area contributed by atoms with Crippen LogP contribution in [0.5, 0.6) is 0 Å². The van der Waals surface area contributed by atoms with Gasteiger partial charge in [0.15, 0.2) is 11.6 Å². The molecule has 6 nitrogen and oxygen atoms in total. The summed E-state index contributed by atoms with van der Waals surface area (Å²) in [5.74, 6) is -4.26. The van der Waals surface area contributed by atoms with E-state index in [9.17, 15) is 23.2 Å². The summed E-state index contributed by atoms with van der Waals surface area (Å²) in [6.45, 7) is 1.36. The average Bonchev–Trinajstić information content (AvgIpc) is 3.45. The number of anilines is 1. The van der Waals surface area contributed by atoms with Gasteiger partial charge < -0.3 is 15.7 Å². The lowest BCUT2D eigenvalue weighted by Crippen LogP contribution is -2.38. The first-order chi connectivity index (χ1) is 13.3. The molecule has 28 heavy (non-hydrogen) atoms. The van der Waals surface area contributed by atoms with Gasteiger partial charge in [0, 0.05) is 17.2 Å². The molecule has 1 aliphatic rings. The van der Waals surface area contributed by atoms with Gasteiger partial charge in [-0.1, -0.05) is 6.07 Å². The SMILES string of the molecule is CC(NC(=O)c1ccc(NC(=O)C2CC2c2ccc(F)c(F)c2)cc1)C(=O)O. The number of amides is 2. The molecule has 0 aliphatic heterocycles. The summed E-state index contributed by atoms with van der Waals surface area (Å²) in [6, 6.07) is 8.63. The van der Waals surface area contributed by atoms with E-state index in [1.54, 1.807) is 0 Å². The fourth-order valence-corrected chi connectivity index (χ4v) is 2.88. The molecule has 3 unspecified atom stereocenters. The summed E-state index contributed by atoms with van der Waals surface area (Å²) in [4.78, 5) is 35.0. The first kappa shape index (κ1) is 19.5. The Labute approximate surface area is 159 Å². The van der Waals surface area contributed by atoms with Crippen LogP contribution >= 0.6 is 0 Å². The monoisotopic (exact) mass is 388 g/mol. The van der Waals surface area contributed by atoms with Crippen molar-refractivity contribution < 1.29 is 28.3 Å². The van der Waals surface area contributed by atoms with Crippen LogP contribution in [0.15, 0.2) is 42.5 Å². The van der Waals surface area contributed by atoms with Crippen LogP contribution in [0.4, 0.5) is 14.5 Å². The number of rotatable bonds is 6. The molecule has 0 saturated heterocycles. The minimum absolute atomic E-state index is 0.155. The smallest absolute Gasteiger partial charge is 0.325 e. The molecule has 0 spiro atoms. The number of carboxylic acids is 1. The van der Waals surface area contributed by atoms with Crippen molar-refractivity contribution in [3.05, 3.63) is 65.2 Å². The first-order valence-corrected chi connectivity index (χ1v) is 8.66. The predicted molar refractivity (Wildman–Crippen MR) is 96.8 cm³/mol. The molecule has 3 rings (SSSR count). The van der Waals surface area contributed by atoms with Gasteiger partial charge in [-0.15, -0.1) is 0 Å². The highest BCUT2D eigenvalue weighted by Crippen LogP contribution is 2.48. The Hall–Kier alpha value is -3.29. The van der Waals surface area contributed by atoms with Crippen LogP contribution in [0.25, 0.3) is 0 Å². The van der Waals surface area contributed by atoms with E-state index in [2.05, 4.69) is 10.6 Å². The molecule has 1 fully saturated rings. The molecule has 3 atom stereocenters. The molecule has 8 heteroatoms. The van der Waals surface area contributed by atoms with Crippen molar-refractivity contribution in [2.24, 2.45) is 5.92 Å². The van der Waals surface area contributed by atoms with Crippen LogP contribution in [-0.2, 0) is 9.59 Å². The van der Waals surface area contributed by atoms with Crippen molar-refractivity contribution in [3.8, 4) is 0 Å². The van der Waals surface area contributed by atoms with E-state index < -0.39 is 29.6 Å². The lowest BCUT2D eigenvalue weighted by atomic mass is 10.1. The van der Waals surface area contributed by atoms with Crippen molar-refractivity contribution >= 4 is 23.5 Å². The second-order valence-corrected chi connectivity index (χ2v) is 6.72. The lowest BCUT2D eigenvalue weighted by Gasteiger charge is -2.10. The Bertz CT molecular complexity index is 930. The molecule has 1 saturated carbocycles. The molecule has 0 bridgehead atoms. The summed E-state index contributed by atoms with van der Waals surface area (Å²) >= 11 is 0. The van der Waals surface area contributed by atoms with E-state index in [4.69, 9.17) is 5.11 Å². The Morgan fingerprint density at radius 3 is 2.36 bits per heavy atom. The van der Waals surface area contributed by atoms with Crippen molar-refractivity contribution in [1.29, 1.82) is 0 Å². The summed E-state index contributed by atoms with van der Waals surface area (Å²) in [6.07, 6.45) is 0.546. The van der Waals surface area contributed by atoms with Gasteiger partial charge in [0.2, 0.25) is 5.91 Å². The van der Waals surface area contributed by atoms with Crippen LogP contribution in [-0.4, -0.2) is 28.9 Å². The normalized spacial score (nSPS) is 18.8. The number of carboxylic acid groups (broad SMARTS) is 1. The van der Waals surface area contributed by atoms with E-state index in [0.717, 1.165) is 12.1 Å². The van der Waals surface area contributed by atoms with Crippen LogP contribution in [0.2, 0.25) is 0 Å². The maximum absolute atomic E-state index is 13.3. The molecular formula is C20H18F2N2O4. The summed E-state index contributed by atoms with van der Waals surface area (Å²) in [5, 5.41) is 13.9. The molecule has 0 aromatic heterocycles. The fourth-order valence-electron chi connectivity index (χ4n) is 2.88. The zero-order valence-corrected chi connectivity index (χ0v) is 14.9. The summed E-state index contributed by atoms with van der Waals surface area (Å²) in [7, 11) is 0.